The second-order valence-electron chi connectivity index (χ2n) is 7.22. The van der Waals surface area contributed by atoms with Crippen LogP contribution in [0.5, 0.6) is 0 Å². The van der Waals surface area contributed by atoms with Gasteiger partial charge in [-0.25, -0.2) is 9.78 Å². The van der Waals surface area contributed by atoms with Crippen molar-refractivity contribution in [1.82, 2.24) is 9.97 Å². The van der Waals surface area contributed by atoms with Gasteiger partial charge in [-0.2, -0.15) is 23.7 Å². The Morgan fingerprint density at radius 1 is 1.08 bits per heavy atom. The molecule has 1 aromatic carbocycles. The molecular weight excluding hydrogens is 477 g/mol. The number of benzene rings is 1. The maximum Gasteiger partial charge on any atom is 0.490 e. The van der Waals surface area contributed by atoms with Crippen molar-refractivity contribution in [3.8, 4) is 23.3 Å². The van der Waals surface area contributed by atoms with Crippen LogP contribution >= 0.6 is 0 Å². The second-order valence-corrected chi connectivity index (χ2v) is 7.22. The molecule has 12 heteroatoms. The van der Waals surface area contributed by atoms with Crippen LogP contribution in [0.1, 0.15) is 29.3 Å². The highest BCUT2D eigenvalue weighted by molar-refractivity contribution is 5.89. The van der Waals surface area contributed by atoms with E-state index in [1.54, 1.807) is 36.7 Å². The molecule has 3 rings (SSSR count). The summed E-state index contributed by atoms with van der Waals surface area (Å²) in [6.45, 7) is 1.42. The molecule has 0 aliphatic carbocycles. The Morgan fingerprint density at radius 2 is 1.69 bits per heavy atom. The number of alkyl halides is 3. The number of nitrogens with zero attached hydrogens (tertiary/aromatic N) is 4. The first-order valence-electron chi connectivity index (χ1n) is 10.2. The summed E-state index contributed by atoms with van der Waals surface area (Å²) in [5.74, 6) is -2.85. The third-order valence-corrected chi connectivity index (χ3v) is 4.63. The van der Waals surface area contributed by atoms with E-state index < -0.39 is 12.1 Å². The van der Waals surface area contributed by atoms with Gasteiger partial charge in [0.15, 0.2) is 0 Å². The Balaban J connectivity index is 0.000000572. The fraction of sp³-hybridized carbons (Fsp3) is 0.167. The van der Waals surface area contributed by atoms with E-state index in [0.29, 0.717) is 40.9 Å². The van der Waals surface area contributed by atoms with Crippen LogP contribution in [-0.2, 0) is 22.4 Å². The SMILES string of the molecule is CC(=O)Nc1ccc(-c2c(C#N)c(N)nc(CCc3cccnc3)c2C#N)cc1.O=C(O)C(F)(F)F. The molecule has 2 heterocycles. The number of hydrogen-bond acceptors (Lipinski definition) is 7. The number of carbonyl (C=O) groups is 2. The normalized spacial score (nSPS) is 10.3. The first kappa shape index (κ1) is 27.3. The number of halogens is 3. The van der Waals surface area contributed by atoms with Crippen molar-refractivity contribution < 1.29 is 27.9 Å². The van der Waals surface area contributed by atoms with Crippen LogP contribution in [0.4, 0.5) is 24.7 Å². The summed E-state index contributed by atoms with van der Waals surface area (Å²) in [5.41, 5.74) is 9.82. The minimum absolute atomic E-state index is 0.0913. The van der Waals surface area contributed by atoms with Crippen LogP contribution < -0.4 is 11.1 Å². The number of nitrogens with one attached hydrogen (secondary N) is 1. The Labute approximate surface area is 203 Å². The summed E-state index contributed by atoms with van der Waals surface area (Å²) in [6.07, 6.45) is -0.491. The number of pyridine rings is 2. The van der Waals surface area contributed by atoms with Crippen molar-refractivity contribution in [2.45, 2.75) is 25.9 Å². The Hall–Kier alpha value is -4.97. The number of carboxylic acids is 1. The van der Waals surface area contributed by atoms with E-state index in [9.17, 15) is 28.5 Å². The molecule has 0 unspecified atom stereocenters. The summed E-state index contributed by atoms with van der Waals surface area (Å²) in [7, 11) is 0. The van der Waals surface area contributed by atoms with Gasteiger partial charge in [-0.1, -0.05) is 18.2 Å². The number of nitrogens with two attached hydrogens (primary N) is 1. The third kappa shape index (κ3) is 7.27. The lowest BCUT2D eigenvalue weighted by Crippen LogP contribution is -2.21. The molecule has 184 valence electrons. The van der Waals surface area contributed by atoms with E-state index >= 15 is 0 Å². The van der Waals surface area contributed by atoms with Crippen molar-refractivity contribution in [3.63, 3.8) is 0 Å². The zero-order valence-corrected chi connectivity index (χ0v) is 18.8. The number of aryl methyl sites for hydroxylation is 2. The van der Waals surface area contributed by atoms with Gasteiger partial charge in [-0.05, 0) is 42.2 Å². The molecule has 0 saturated heterocycles. The van der Waals surface area contributed by atoms with Gasteiger partial charge in [-0.15, -0.1) is 0 Å². The van der Waals surface area contributed by atoms with E-state index in [1.807, 2.05) is 12.1 Å². The highest BCUT2D eigenvalue weighted by atomic mass is 19.4. The lowest BCUT2D eigenvalue weighted by molar-refractivity contribution is -0.192. The molecular formula is C24H19F3N6O3. The molecule has 0 atom stereocenters. The Bertz CT molecular complexity index is 1330. The smallest absolute Gasteiger partial charge is 0.475 e. The lowest BCUT2D eigenvalue weighted by Gasteiger charge is -2.14. The van der Waals surface area contributed by atoms with Crippen LogP contribution in [-0.4, -0.2) is 33.1 Å². The van der Waals surface area contributed by atoms with Gasteiger partial charge in [-0.3, -0.25) is 9.78 Å². The maximum atomic E-state index is 11.2. The van der Waals surface area contributed by atoms with E-state index in [0.717, 1.165) is 5.56 Å². The fourth-order valence-electron chi connectivity index (χ4n) is 3.09. The van der Waals surface area contributed by atoms with E-state index in [2.05, 4.69) is 27.4 Å². The van der Waals surface area contributed by atoms with Gasteiger partial charge >= 0.3 is 12.1 Å². The predicted octanol–water partition coefficient (Wildman–Crippen LogP) is 3.85. The molecule has 36 heavy (non-hydrogen) atoms. The number of aliphatic carboxylic acids is 1. The minimum Gasteiger partial charge on any atom is -0.475 e. The maximum absolute atomic E-state index is 11.2. The van der Waals surface area contributed by atoms with Gasteiger partial charge in [0, 0.05) is 30.6 Å². The van der Waals surface area contributed by atoms with Gasteiger partial charge in [0.2, 0.25) is 5.91 Å². The summed E-state index contributed by atoms with van der Waals surface area (Å²) in [5, 5.41) is 29.3. The molecule has 0 aliphatic heterocycles. The molecule has 4 N–H and O–H groups in total. The Morgan fingerprint density at radius 3 is 2.17 bits per heavy atom. The summed E-state index contributed by atoms with van der Waals surface area (Å²) in [6, 6.07) is 15.0. The number of anilines is 2. The largest absolute Gasteiger partial charge is 0.490 e. The molecule has 0 saturated carbocycles. The Kier molecular flexibility index (Phi) is 9.05. The van der Waals surface area contributed by atoms with Crippen molar-refractivity contribution in [1.29, 1.82) is 10.5 Å². The number of nitriles is 2. The number of carbonyl (C=O) groups excluding carboxylic acids is 1. The summed E-state index contributed by atoms with van der Waals surface area (Å²) >= 11 is 0. The lowest BCUT2D eigenvalue weighted by atomic mass is 9.93. The number of aromatic nitrogens is 2. The molecule has 0 bridgehead atoms. The number of carboxylic acid groups (broad SMARTS) is 1. The monoisotopic (exact) mass is 496 g/mol. The van der Waals surface area contributed by atoms with E-state index in [1.165, 1.54) is 6.92 Å². The van der Waals surface area contributed by atoms with Gasteiger partial charge in [0.1, 0.15) is 23.5 Å². The van der Waals surface area contributed by atoms with Crippen molar-refractivity contribution in [3.05, 3.63) is 71.2 Å². The standard InChI is InChI=1S/C22H18N6O.C2HF3O2/c1-14(29)27-17-7-5-16(6-8-17)21-18(11-23)20(28-22(25)19(21)12-24)9-4-15-3-2-10-26-13-15;3-2(4,5)1(6)7/h2-3,5-8,10,13H,4,9H2,1H3,(H2,25,28)(H,27,29);(H,6,7). The quantitative estimate of drug-likeness (QED) is 0.479. The molecule has 3 aromatic rings. The van der Waals surface area contributed by atoms with Crippen molar-refractivity contribution >= 4 is 23.4 Å². The van der Waals surface area contributed by atoms with Gasteiger partial charge < -0.3 is 16.2 Å². The topological polar surface area (TPSA) is 166 Å². The molecule has 9 nitrogen and oxygen atoms in total. The molecule has 2 aromatic heterocycles. The van der Waals surface area contributed by atoms with Crippen LogP contribution in [0.2, 0.25) is 0 Å². The van der Waals surface area contributed by atoms with Crippen LogP contribution in [0.25, 0.3) is 11.1 Å². The molecule has 0 radical (unpaired) electrons. The zero-order valence-electron chi connectivity index (χ0n) is 18.8. The zero-order chi connectivity index (χ0) is 26.9. The number of nitrogen functional groups attached to an aromatic ring is 1. The number of amides is 1. The minimum atomic E-state index is -5.08. The highest BCUT2D eigenvalue weighted by Crippen LogP contribution is 2.33. The van der Waals surface area contributed by atoms with Crippen LogP contribution in [0.3, 0.4) is 0 Å². The van der Waals surface area contributed by atoms with Crippen molar-refractivity contribution in [2.75, 3.05) is 11.1 Å². The number of hydrogen-bond donors (Lipinski definition) is 3. The average molecular weight is 496 g/mol. The van der Waals surface area contributed by atoms with E-state index in [-0.39, 0.29) is 17.3 Å². The summed E-state index contributed by atoms with van der Waals surface area (Å²) < 4.78 is 31.7. The summed E-state index contributed by atoms with van der Waals surface area (Å²) in [4.78, 5) is 28.5. The number of rotatable bonds is 5. The molecule has 0 aliphatic rings. The predicted molar refractivity (Wildman–Crippen MR) is 123 cm³/mol. The third-order valence-electron chi connectivity index (χ3n) is 4.63. The van der Waals surface area contributed by atoms with Gasteiger partial charge in [0.25, 0.3) is 0 Å². The van der Waals surface area contributed by atoms with Gasteiger partial charge in [0.05, 0.1) is 11.3 Å². The molecule has 0 spiro atoms. The molecule has 1 amide bonds. The molecule has 0 fully saturated rings. The fourth-order valence-corrected chi connectivity index (χ4v) is 3.09. The van der Waals surface area contributed by atoms with Crippen molar-refractivity contribution in [2.24, 2.45) is 0 Å². The van der Waals surface area contributed by atoms with Crippen LogP contribution in [0.15, 0.2) is 48.8 Å². The second kappa shape index (κ2) is 11.9. The first-order chi connectivity index (χ1) is 17.0. The highest BCUT2D eigenvalue weighted by Gasteiger charge is 2.38. The van der Waals surface area contributed by atoms with Crippen LogP contribution in [0, 0.1) is 22.7 Å². The first-order valence-corrected chi connectivity index (χ1v) is 10.2. The average Bonchev–Trinajstić information content (AvgIpc) is 2.83. The van der Waals surface area contributed by atoms with E-state index in [4.69, 9.17) is 15.6 Å².